The van der Waals surface area contributed by atoms with Gasteiger partial charge in [-0.1, -0.05) is 13.8 Å². The van der Waals surface area contributed by atoms with Gasteiger partial charge in [0.2, 0.25) is 0 Å². The highest BCUT2D eigenvalue weighted by atomic mass is 127. The van der Waals surface area contributed by atoms with Crippen LogP contribution in [0.15, 0.2) is 4.99 Å². The molecule has 0 radical (unpaired) electrons. The molecule has 0 aromatic rings. The summed E-state index contributed by atoms with van der Waals surface area (Å²) in [5, 5.41) is 3.41. The summed E-state index contributed by atoms with van der Waals surface area (Å²) in [7, 11) is 3.28. The summed E-state index contributed by atoms with van der Waals surface area (Å²) in [4.78, 5) is 18.1. The van der Waals surface area contributed by atoms with Crippen molar-refractivity contribution in [3.05, 3.63) is 0 Å². The van der Waals surface area contributed by atoms with E-state index in [0.29, 0.717) is 0 Å². The van der Waals surface area contributed by atoms with Crippen LogP contribution in [0.5, 0.6) is 0 Å². The zero-order valence-electron chi connectivity index (χ0n) is 13.7. The molecule has 0 spiro atoms. The third kappa shape index (κ3) is 7.33. The van der Waals surface area contributed by atoms with Crippen molar-refractivity contribution in [3.63, 3.8) is 0 Å². The second-order valence-electron chi connectivity index (χ2n) is 5.79. The molecule has 0 amide bonds. The smallest absolute Gasteiger partial charge is 0.308 e. The lowest BCUT2D eigenvalue weighted by molar-refractivity contribution is -0.146. The van der Waals surface area contributed by atoms with E-state index in [1.165, 1.54) is 13.5 Å². The van der Waals surface area contributed by atoms with Gasteiger partial charge in [-0.15, -0.1) is 24.0 Å². The first-order chi connectivity index (χ1) is 9.58. The Balaban J connectivity index is 0.00000400. The number of carbonyl (C=O) groups is 1. The number of nitrogens with zero attached hydrogens (tertiary/aromatic N) is 2. The summed E-state index contributed by atoms with van der Waals surface area (Å²) >= 11 is 0. The van der Waals surface area contributed by atoms with E-state index in [1.807, 2.05) is 7.05 Å². The Hall–Kier alpha value is -0.530. The maximum absolute atomic E-state index is 11.5. The predicted molar refractivity (Wildman–Crippen MR) is 97.2 cm³/mol. The minimum Gasteiger partial charge on any atom is -0.469 e. The zero-order chi connectivity index (χ0) is 15.0. The van der Waals surface area contributed by atoms with Crippen LogP contribution < -0.4 is 5.32 Å². The van der Waals surface area contributed by atoms with Crippen molar-refractivity contribution in [2.24, 2.45) is 16.8 Å². The molecular formula is C15H30IN3O2. The average molecular weight is 411 g/mol. The second-order valence-corrected chi connectivity index (χ2v) is 5.79. The predicted octanol–water partition coefficient (Wildman–Crippen LogP) is 2.50. The third-order valence-corrected chi connectivity index (χ3v) is 3.78. The highest BCUT2D eigenvalue weighted by molar-refractivity contribution is 14.0. The van der Waals surface area contributed by atoms with Crippen LogP contribution in [-0.4, -0.2) is 50.6 Å². The monoisotopic (exact) mass is 411 g/mol. The van der Waals surface area contributed by atoms with Gasteiger partial charge in [-0.2, -0.15) is 0 Å². The van der Waals surface area contributed by atoms with Gasteiger partial charge < -0.3 is 15.0 Å². The maximum atomic E-state index is 11.5. The summed E-state index contributed by atoms with van der Waals surface area (Å²) in [6.45, 7) is 7.17. The number of ether oxygens (including phenoxy) is 1. The fraction of sp³-hybridized carbons (Fsp3) is 0.867. The van der Waals surface area contributed by atoms with Gasteiger partial charge in [-0.3, -0.25) is 9.79 Å². The minimum atomic E-state index is -0.0791. The lowest BCUT2D eigenvalue weighted by Gasteiger charge is -2.33. The SMILES string of the molecule is CN=C(NCCCC(C)C)N1CCC(C(=O)OC)CC1.I. The maximum Gasteiger partial charge on any atom is 0.308 e. The molecular weight excluding hydrogens is 381 g/mol. The van der Waals surface area contributed by atoms with E-state index in [-0.39, 0.29) is 35.9 Å². The number of aliphatic imine (C=N–C) groups is 1. The number of piperidine rings is 1. The van der Waals surface area contributed by atoms with Crippen LogP contribution in [0.4, 0.5) is 0 Å². The molecule has 1 aliphatic heterocycles. The molecule has 6 heteroatoms. The number of methoxy groups -OCH3 is 1. The Kier molecular flexibility index (Phi) is 10.8. The Labute approximate surface area is 145 Å². The molecule has 1 aliphatic rings. The molecule has 1 rings (SSSR count). The first-order valence-electron chi connectivity index (χ1n) is 7.62. The average Bonchev–Trinajstić information content (AvgIpc) is 2.46. The molecule has 1 fully saturated rings. The van der Waals surface area contributed by atoms with Crippen molar-refractivity contribution in [1.29, 1.82) is 0 Å². The topological polar surface area (TPSA) is 53.9 Å². The number of nitrogens with one attached hydrogen (secondary N) is 1. The van der Waals surface area contributed by atoms with E-state index in [9.17, 15) is 4.79 Å². The van der Waals surface area contributed by atoms with Gasteiger partial charge in [0, 0.05) is 26.7 Å². The molecule has 124 valence electrons. The lowest BCUT2D eigenvalue weighted by Crippen LogP contribution is -2.46. The van der Waals surface area contributed by atoms with Crippen LogP contribution >= 0.6 is 24.0 Å². The number of esters is 1. The van der Waals surface area contributed by atoms with Crippen LogP contribution in [0, 0.1) is 11.8 Å². The molecule has 0 saturated carbocycles. The fourth-order valence-corrected chi connectivity index (χ4v) is 2.54. The van der Waals surface area contributed by atoms with Crippen molar-refractivity contribution in [2.45, 2.75) is 39.5 Å². The number of rotatable bonds is 5. The molecule has 5 nitrogen and oxygen atoms in total. The van der Waals surface area contributed by atoms with E-state index < -0.39 is 0 Å². The molecule has 0 aromatic carbocycles. The van der Waals surface area contributed by atoms with E-state index >= 15 is 0 Å². The highest BCUT2D eigenvalue weighted by Crippen LogP contribution is 2.18. The minimum absolute atomic E-state index is 0. The van der Waals surface area contributed by atoms with Gasteiger partial charge in [0.05, 0.1) is 13.0 Å². The molecule has 1 heterocycles. The number of carbonyl (C=O) groups excluding carboxylic acids is 1. The molecule has 1 N–H and O–H groups in total. The van der Waals surface area contributed by atoms with Crippen molar-refractivity contribution in [1.82, 2.24) is 10.2 Å². The summed E-state index contributed by atoms with van der Waals surface area (Å²) in [6.07, 6.45) is 4.09. The molecule has 0 bridgehead atoms. The van der Waals surface area contributed by atoms with Crippen molar-refractivity contribution >= 4 is 35.9 Å². The van der Waals surface area contributed by atoms with E-state index in [0.717, 1.165) is 50.8 Å². The quantitative estimate of drug-likeness (QED) is 0.248. The summed E-state index contributed by atoms with van der Waals surface area (Å²) in [5.74, 6) is 1.67. The molecule has 0 aromatic heterocycles. The normalized spacial score (nSPS) is 16.6. The summed E-state index contributed by atoms with van der Waals surface area (Å²) in [6, 6.07) is 0. The van der Waals surface area contributed by atoms with Crippen LogP contribution in [0.1, 0.15) is 39.5 Å². The van der Waals surface area contributed by atoms with Gasteiger partial charge in [-0.05, 0) is 31.6 Å². The number of hydrogen-bond acceptors (Lipinski definition) is 3. The van der Waals surface area contributed by atoms with Gasteiger partial charge >= 0.3 is 5.97 Å². The van der Waals surface area contributed by atoms with Crippen molar-refractivity contribution < 1.29 is 9.53 Å². The molecule has 0 aliphatic carbocycles. The van der Waals surface area contributed by atoms with Crippen LogP contribution in [0.25, 0.3) is 0 Å². The first kappa shape index (κ1) is 20.5. The van der Waals surface area contributed by atoms with Crippen molar-refractivity contribution in [2.75, 3.05) is 33.8 Å². The number of guanidine groups is 1. The van der Waals surface area contributed by atoms with Gasteiger partial charge in [-0.25, -0.2) is 0 Å². The summed E-state index contributed by atoms with van der Waals surface area (Å²) < 4.78 is 4.81. The second kappa shape index (κ2) is 11.1. The van der Waals surface area contributed by atoms with Gasteiger partial charge in [0.15, 0.2) is 5.96 Å². The lowest BCUT2D eigenvalue weighted by atomic mass is 9.97. The standard InChI is InChI=1S/C15H29N3O2.HI/c1-12(2)6-5-9-17-15(16-3)18-10-7-13(8-11-18)14(19)20-4;/h12-13H,5-11H2,1-4H3,(H,16,17);1H. The Morgan fingerprint density at radius 2 is 2.00 bits per heavy atom. The third-order valence-electron chi connectivity index (χ3n) is 3.78. The van der Waals surface area contributed by atoms with E-state index in [4.69, 9.17) is 4.74 Å². The first-order valence-corrected chi connectivity index (χ1v) is 7.62. The van der Waals surface area contributed by atoms with Crippen LogP contribution in [0.2, 0.25) is 0 Å². The largest absolute Gasteiger partial charge is 0.469 e. The van der Waals surface area contributed by atoms with Crippen LogP contribution in [-0.2, 0) is 9.53 Å². The fourth-order valence-electron chi connectivity index (χ4n) is 2.54. The van der Waals surface area contributed by atoms with Crippen molar-refractivity contribution in [3.8, 4) is 0 Å². The number of halogens is 1. The van der Waals surface area contributed by atoms with Gasteiger partial charge in [0.25, 0.3) is 0 Å². The zero-order valence-corrected chi connectivity index (χ0v) is 16.1. The number of likely N-dealkylation sites (tertiary alicyclic amines) is 1. The van der Waals surface area contributed by atoms with Crippen LogP contribution in [0.3, 0.4) is 0 Å². The highest BCUT2D eigenvalue weighted by Gasteiger charge is 2.26. The Morgan fingerprint density at radius 3 is 2.48 bits per heavy atom. The Morgan fingerprint density at radius 1 is 1.38 bits per heavy atom. The number of hydrogen-bond donors (Lipinski definition) is 1. The molecule has 1 saturated heterocycles. The molecule has 0 atom stereocenters. The Bertz CT molecular complexity index is 327. The van der Waals surface area contributed by atoms with E-state index in [2.05, 4.69) is 29.1 Å². The molecule has 0 unspecified atom stereocenters. The van der Waals surface area contributed by atoms with Gasteiger partial charge in [0.1, 0.15) is 0 Å². The molecule has 21 heavy (non-hydrogen) atoms. The summed E-state index contributed by atoms with van der Waals surface area (Å²) in [5.41, 5.74) is 0. The van der Waals surface area contributed by atoms with E-state index in [1.54, 1.807) is 0 Å².